The molecule has 3 aromatic rings. The fraction of sp³-hybridized carbons (Fsp3) is 0.133. The third-order valence-electron chi connectivity index (χ3n) is 3.36. The van der Waals surface area contributed by atoms with Gasteiger partial charge in [0.2, 0.25) is 0 Å². The van der Waals surface area contributed by atoms with Crippen LogP contribution in [0.1, 0.15) is 11.1 Å². The van der Waals surface area contributed by atoms with Crippen LogP contribution in [0.15, 0.2) is 36.5 Å². The zero-order valence-electron chi connectivity index (χ0n) is 11.5. The molecule has 0 aliphatic heterocycles. The minimum Gasteiger partial charge on any atom is -0.384 e. The smallest absolute Gasteiger partial charge is 0.128 e. The molecule has 0 unspecified atom stereocenters. The highest BCUT2D eigenvalue weighted by Crippen LogP contribution is 2.20. The first-order valence-corrected chi connectivity index (χ1v) is 6.49. The molecule has 0 amide bonds. The van der Waals surface area contributed by atoms with E-state index in [4.69, 9.17) is 5.73 Å². The van der Waals surface area contributed by atoms with E-state index in [0.717, 1.165) is 16.5 Å². The molecule has 3 rings (SSSR count). The minimum atomic E-state index is 0.510. The van der Waals surface area contributed by atoms with Crippen molar-refractivity contribution in [3.05, 3.63) is 47.7 Å². The van der Waals surface area contributed by atoms with Gasteiger partial charge in [-0.2, -0.15) is 10.4 Å². The van der Waals surface area contributed by atoms with Gasteiger partial charge in [-0.15, -0.1) is 0 Å². The maximum atomic E-state index is 9.25. The number of hydrogen-bond acceptors (Lipinski definition) is 5. The number of pyridine rings is 1. The molecule has 0 aliphatic carbocycles. The summed E-state index contributed by atoms with van der Waals surface area (Å²) in [7, 11) is 1.79. The number of nitrogens with one attached hydrogen (secondary N) is 1. The zero-order chi connectivity index (χ0) is 14.8. The average molecular weight is 278 g/mol. The summed E-state index contributed by atoms with van der Waals surface area (Å²) in [6, 6.07) is 11.5. The third kappa shape index (κ3) is 2.37. The first kappa shape index (κ1) is 12.9. The lowest BCUT2D eigenvalue weighted by atomic mass is 10.1. The summed E-state index contributed by atoms with van der Waals surface area (Å²) in [5, 5.41) is 17.4. The number of nitrogens with zero attached hydrogens (tertiary/aromatic N) is 4. The van der Waals surface area contributed by atoms with Crippen molar-refractivity contribution in [3.8, 4) is 6.07 Å². The van der Waals surface area contributed by atoms with Crippen LogP contribution in [-0.4, -0.2) is 14.8 Å². The fourth-order valence-electron chi connectivity index (χ4n) is 2.17. The van der Waals surface area contributed by atoms with E-state index in [1.54, 1.807) is 24.0 Å². The molecule has 0 bridgehead atoms. The Bertz CT molecular complexity index is 843. The molecule has 0 aliphatic rings. The number of aromatic nitrogens is 3. The largest absolute Gasteiger partial charge is 0.384 e. The summed E-state index contributed by atoms with van der Waals surface area (Å²) in [6.07, 6.45) is 1.72. The van der Waals surface area contributed by atoms with Crippen molar-refractivity contribution in [2.75, 3.05) is 11.1 Å². The highest BCUT2D eigenvalue weighted by atomic mass is 15.3. The predicted molar refractivity (Wildman–Crippen MR) is 81.4 cm³/mol. The van der Waals surface area contributed by atoms with Crippen LogP contribution in [0.4, 0.5) is 11.6 Å². The van der Waals surface area contributed by atoms with Crippen molar-refractivity contribution >= 4 is 22.5 Å². The standard InChI is InChI=1S/C15H14N6/c1-21-15(17)11(9-19-21)8-18-14-6-10(7-16)12-4-2-3-5-13(12)20-14/h2-6,9H,8,17H2,1H3,(H,18,20). The molecule has 3 N–H and O–H groups in total. The molecule has 0 fully saturated rings. The van der Waals surface area contributed by atoms with Gasteiger partial charge in [0.05, 0.1) is 23.3 Å². The van der Waals surface area contributed by atoms with Crippen LogP contribution in [-0.2, 0) is 13.6 Å². The average Bonchev–Trinajstić information content (AvgIpc) is 2.83. The predicted octanol–water partition coefficient (Wildman–Crippen LogP) is 2.03. The molecular formula is C15H14N6. The van der Waals surface area contributed by atoms with Crippen LogP contribution in [0.3, 0.4) is 0 Å². The van der Waals surface area contributed by atoms with Gasteiger partial charge in [0.1, 0.15) is 11.6 Å². The van der Waals surface area contributed by atoms with Crippen molar-refractivity contribution in [3.63, 3.8) is 0 Å². The molecule has 1 aromatic carbocycles. The topological polar surface area (TPSA) is 92.5 Å². The Balaban J connectivity index is 1.91. The number of nitrogen functional groups attached to an aromatic ring is 1. The molecule has 2 heterocycles. The van der Waals surface area contributed by atoms with E-state index in [2.05, 4.69) is 21.5 Å². The number of rotatable bonds is 3. The molecule has 0 atom stereocenters. The van der Waals surface area contributed by atoms with E-state index in [1.165, 1.54) is 0 Å². The molecule has 21 heavy (non-hydrogen) atoms. The summed E-state index contributed by atoms with van der Waals surface area (Å²) >= 11 is 0. The minimum absolute atomic E-state index is 0.510. The number of benzene rings is 1. The second-order valence-electron chi connectivity index (χ2n) is 4.72. The second kappa shape index (κ2) is 5.13. The maximum absolute atomic E-state index is 9.25. The van der Waals surface area contributed by atoms with Crippen LogP contribution < -0.4 is 11.1 Å². The third-order valence-corrected chi connectivity index (χ3v) is 3.36. The molecule has 104 valence electrons. The number of fused-ring (bicyclic) bond motifs is 1. The summed E-state index contributed by atoms with van der Waals surface area (Å²) in [6.45, 7) is 0.510. The first-order valence-electron chi connectivity index (χ1n) is 6.49. The van der Waals surface area contributed by atoms with E-state index >= 15 is 0 Å². The zero-order valence-corrected chi connectivity index (χ0v) is 11.5. The Hall–Kier alpha value is -3.07. The van der Waals surface area contributed by atoms with Crippen molar-refractivity contribution < 1.29 is 0 Å². The maximum Gasteiger partial charge on any atom is 0.128 e. The molecule has 0 spiro atoms. The molecular weight excluding hydrogens is 264 g/mol. The molecule has 0 radical (unpaired) electrons. The van der Waals surface area contributed by atoms with E-state index in [-0.39, 0.29) is 0 Å². The van der Waals surface area contributed by atoms with Crippen molar-refractivity contribution in [1.82, 2.24) is 14.8 Å². The number of hydrogen-bond donors (Lipinski definition) is 2. The van der Waals surface area contributed by atoms with Crippen LogP contribution in [0.5, 0.6) is 0 Å². The Labute approximate surface area is 121 Å². The van der Waals surface area contributed by atoms with Crippen LogP contribution in [0, 0.1) is 11.3 Å². The normalized spacial score (nSPS) is 10.5. The SMILES string of the molecule is Cn1ncc(CNc2cc(C#N)c3ccccc3n2)c1N. The van der Waals surface area contributed by atoms with Gasteiger partial charge in [-0.1, -0.05) is 18.2 Å². The highest BCUT2D eigenvalue weighted by Gasteiger charge is 2.07. The Kier molecular flexibility index (Phi) is 3.16. The van der Waals surface area contributed by atoms with E-state index in [0.29, 0.717) is 23.7 Å². The van der Waals surface area contributed by atoms with E-state index in [1.807, 2.05) is 24.3 Å². The Morgan fingerprint density at radius 3 is 2.90 bits per heavy atom. The van der Waals surface area contributed by atoms with Gasteiger partial charge >= 0.3 is 0 Å². The van der Waals surface area contributed by atoms with Crippen molar-refractivity contribution in [1.29, 1.82) is 5.26 Å². The summed E-state index contributed by atoms with van der Waals surface area (Å²) < 4.78 is 1.62. The summed E-state index contributed by atoms with van der Waals surface area (Å²) in [5.41, 5.74) is 8.18. The van der Waals surface area contributed by atoms with Gasteiger partial charge in [0.25, 0.3) is 0 Å². The van der Waals surface area contributed by atoms with E-state index < -0.39 is 0 Å². The number of aryl methyl sites for hydroxylation is 1. The fourth-order valence-corrected chi connectivity index (χ4v) is 2.17. The first-order chi connectivity index (χ1) is 10.2. The Morgan fingerprint density at radius 1 is 1.38 bits per heavy atom. The van der Waals surface area contributed by atoms with Crippen molar-refractivity contribution in [2.24, 2.45) is 7.05 Å². The lowest BCUT2D eigenvalue weighted by Gasteiger charge is -2.07. The lowest BCUT2D eigenvalue weighted by Crippen LogP contribution is -2.05. The number of para-hydroxylation sites is 1. The van der Waals surface area contributed by atoms with Gasteiger partial charge < -0.3 is 11.1 Å². The van der Waals surface area contributed by atoms with Gasteiger partial charge in [-0.3, -0.25) is 4.68 Å². The number of nitriles is 1. The molecule has 0 saturated carbocycles. The number of anilines is 2. The van der Waals surface area contributed by atoms with Gasteiger partial charge in [-0.25, -0.2) is 4.98 Å². The monoisotopic (exact) mass is 278 g/mol. The summed E-state index contributed by atoms with van der Waals surface area (Å²) in [5.74, 6) is 1.26. The van der Waals surface area contributed by atoms with Crippen LogP contribution >= 0.6 is 0 Å². The molecule has 6 nitrogen and oxygen atoms in total. The quantitative estimate of drug-likeness (QED) is 0.764. The number of nitrogens with two attached hydrogens (primary N) is 1. The van der Waals surface area contributed by atoms with Crippen LogP contribution in [0.2, 0.25) is 0 Å². The van der Waals surface area contributed by atoms with Gasteiger partial charge in [0, 0.05) is 24.5 Å². The molecule has 0 saturated heterocycles. The summed E-state index contributed by atoms with van der Waals surface area (Å²) in [4.78, 5) is 4.51. The lowest BCUT2D eigenvalue weighted by molar-refractivity contribution is 0.778. The van der Waals surface area contributed by atoms with E-state index in [9.17, 15) is 5.26 Å². The van der Waals surface area contributed by atoms with Crippen molar-refractivity contribution in [2.45, 2.75) is 6.54 Å². The second-order valence-corrected chi connectivity index (χ2v) is 4.72. The Morgan fingerprint density at radius 2 is 2.19 bits per heavy atom. The molecule has 6 heteroatoms. The van der Waals surface area contributed by atoms with Gasteiger partial charge in [0.15, 0.2) is 0 Å². The van der Waals surface area contributed by atoms with Gasteiger partial charge in [-0.05, 0) is 12.1 Å². The van der Waals surface area contributed by atoms with Crippen LogP contribution in [0.25, 0.3) is 10.9 Å². The highest BCUT2D eigenvalue weighted by molar-refractivity contribution is 5.86. The molecule has 2 aromatic heterocycles.